The monoisotopic (exact) mass is 177 g/mol. The van der Waals surface area contributed by atoms with Gasteiger partial charge in [-0.05, 0) is 12.5 Å². The van der Waals surface area contributed by atoms with Crippen molar-refractivity contribution >= 4 is 12.8 Å². The summed E-state index contributed by atoms with van der Waals surface area (Å²) in [6.07, 6.45) is 1.06. The Morgan fingerprint density at radius 2 is 1.69 bits per heavy atom. The molecule has 0 unspecified atom stereocenters. The van der Waals surface area contributed by atoms with E-state index in [0.717, 1.165) is 10.5 Å². The summed E-state index contributed by atoms with van der Waals surface area (Å²) in [5, 5.41) is 0. The normalized spacial score (nSPS) is 11.8. The molecule has 0 radical (unpaired) electrons. The summed E-state index contributed by atoms with van der Waals surface area (Å²) in [7, 11) is 0. The zero-order chi connectivity index (χ0) is 9.68. The molecule has 0 saturated carbocycles. The van der Waals surface area contributed by atoms with E-state index in [-0.39, 0.29) is 6.04 Å². The third-order valence-corrected chi connectivity index (χ3v) is 1.97. The number of hydrogen-bond donors (Lipinski definition) is 0. The van der Waals surface area contributed by atoms with Crippen LogP contribution in [0.1, 0.15) is 18.5 Å². The number of amides is 2. The highest BCUT2D eigenvalue weighted by Gasteiger charge is 2.11. The molecule has 0 N–H and O–H groups in total. The zero-order valence-electron chi connectivity index (χ0n) is 7.38. The van der Waals surface area contributed by atoms with E-state index in [4.69, 9.17) is 0 Å². The maximum Gasteiger partial charge on any atom is 0.216 e. The summed E-state index contributed by atoms with van der Waals surface area (Å²) in [4.78, 5) is 22.0. The molecule has 0 aromatic heterocycles. The minimum atomic E-state index is -0.198. The van der Waals surface area contributed by atoms with Gasteiger partial charge in [-0.3, -0.25) is 14.5 Å². The molecule has 1 aromatic rings. The van der Waals surface area contributed by atoms with E-state index in [1.54, 1.807) is 6.92 Å². The Morgan fingerprint density at radius 3 is 2.15 bits per heavy atom. The van der Waals surface area contributed by atoms with E-state index in [0.29, 0.717) is 12.8 Å². The van der Waals surface area contributed by atoms with Gasteiger partial charge < -0.3 is 0 Å². The van der Waals surface area contributed by atoms with Crippen LogP contribution in [0, 0.1) is 0 Å². The first kappa shape index (κ1) is 9.45. The van der Waals surface area contributed by atoms with Gasteiger partial charge in [0, 0.05) is 0 Å². The van der Waals surface area contributed by atoms with Gasteiger partial charge in [0.15, 0.2) is 0 Å². The number of rotatable bonds is 4. The van der Waals surface area contributed by atoms with Crippen LogP contribution in [0.15, 0.2) is 30.3 Å². The average Bonchev–Trinajstić information content (AvgIpc) is 2.21. The van der Waals surface area contributed by atoms with Crippen molar-refractivity contribution < 1.29 is 9.59 Å². The van der Waals surface area contributed by atoms with Crippen LogP contribution >= 0.6 is 0 Å². The topological polar surface area (TPSA) is 37.4 Å². The van der Waals surface area contributed by atoms with Gasteiger partial charge in [0.2, 0.25) is 12.8 Å². The molecule has 1 atom stereocenters. The van der Waals surface area contributed by atoms with Gasteiger partial charge in [0.25, 0.3) is 0 Å². The number of carbonyl (C=O) groups excluding carboxylic acids is 2. The SMILES string of the molecule is C[C@H](c1ccccc1)N(C=O)C=O. The molecule has 0 spiro atoms. The van der Waals surface area contributed by atoms with Crippen molar-refractivity contribution in [1.29, 1.82) is 0 Å². The van der Waals surface area contributed by atoms with Gasteiger partial charge in [-0.1, -0.05) is 30.3 Å². The third-order valence-electron chi connectivity index (χ3n) is 1.97. The lowest BCUT2D eigenvalue weighted by molar-refractivity contribution is -0.131. The van der Waals surface area contributed by atoms with Crippen molar-refractivity contribution in [2.24, 2.45) is 0 Å². The van der Waals surface area contributed by atoms with Gasteiger partial charge in [0.1, 0.15) is 0 Å². The molecule has 68 valence electrons. The number of benzene rings is 1. The van der Waals surface area contributed by atoms with Crippen molar-refractivity contribution in [3.63, 3.8) is 0 Å². The molecular formula is C10H11NO2. The molecule has 0 fully saturated rings. The Balaban J connectivity index is 2.83. The summed E-state index contributed by atoms with van der Waals surface area (Å²) in [5.41, 5.74) is 0.946. The molecule has 0 aliphatic rings. The fraction of sp³-hybridized carbons (Fsp3) is 0.200. The Kier molecular flexibility index (Phi) is 3.20. The lowest BCUT2D eigenvalue weighted by Gasteiger charge is -2.18. The minimum Gasteiger partial charge on any atom is -0.281 e. The lowest BCUT2D eigenvalue weighted by Crippen LogP contribution is -2.23. The quantitative estimate of drug-likeness (QED) is 0.651. The second-order valence-electron chi connectivity index (χ2n) is 2.74. The highest BCUT2D eigenvalue weighted by atomic mass is 16.2. The molecule has 0 saturated heterocycles. The summed E-state index contributed by atoms with van der Waals surface area (Å²) < 4.78 is 0. The largest absolute Gasteiger partial charge is 0.281 e. The van der Waals surface area contributed by atoms with Crippen molar-refractivity contribution in [2.45, 2.75) is 13.0 Å². The maximum atomic E-state index is 10.4. The van der Waals surface area contributed by atoms with Crippen LogP contribution in [0.25, 0.3) is 0 Å². The number of hydrogen-bond acceptors (Lipinski definition) is 2. The molecule has 0 heterocycles. The first-order chi connectivity index (χ1) is 6.29. The van der Waals surface area contributed by atoms with E-state index in [1.165, 1.54) is 0 Å². The molecule has 1 aromatic carbocycles. The molecular weight excluding hydrogens is 166 g/mol. The fourth-order valence-electron chi connectivity index (χ4n) is 1.11. The standard InChI is InChI=1S/C10H11NO2/c1-9(11(7-12)8-13)10-5-3-2-4-6-10/h2-9H,1H3/t9-/m1/s1. The summed E-state index contributed by atoms with van der Waals surface area (Å²) in [6.45, 7) is 1.80. The van der Waals surface area contributed by atoms with Crippen molar-refractivity contribution in [2.75, 3.05) is 0 Å². The van der Waals surface area contributed by atoms with E-state index in [2.05, 4.69) is 0 Å². The van der Waals surface area contributed by atoms with Crippen LogP contribution < -0.4 is 0 Å². The van der Waals surface area contributed by atoms with Crippen LogP contribution in [0.3, 0.4) is 0 Å². The van der Waals surface area contributed by atoms with E-state index < -0.39 is 0 Å². The number of imide groups is 1. The smallest absolute Gasteiger partial charge is 0.216 e. The van der Waals surface area contributed by atoms with Gasteiger partial charge in [-0.2, -0.15) is 0 Å². The third kappa shape index (κ3) is 2.15. The maximum absolute atomic E-state index is 10.4. The van der Waals surface area contributed by atoms with Gasteiger partial charge in [-0.25, -0.2) is 0 Å². The molecule has 3 heteroatoms. The molecule has 1 rings (SSSR count). The second kappa shape index (κ2) is 4.40. The first-order valence-electron chi connectivity index (χ1n) is 4.02. The Bertz CT molecular complexity index is 276. The van der Waals surface area contributed by atoms with Crippen LogP contribution in [-0.2, 0) is 9.59 Å². The Labute approximate surface area is 77.0 Å². The van der Waals surface area contributed by atoms with E-state index >= 15 is 0 Å². The Morgan fingerprint density at radius 1 is 1.15 bits per heavy atom. The van der Waals surface area contributed by atoms with Gasteiger partial charge in [0.05, 0.1) is 6.04 Å². The minimum absolute atomic E-state index is 0.198. The van der Waals surface area contributed by atoms with Crippen LogP contribution in [0.4, 0.5) is 0 Å². The Hall–Kier alpha value is -1.64. The van der Waals surface area contributed by atoms with Crippen molar-refractivity contribution in [1.82, 2.24) is 4.90 Å². The van der Waals surface area contributed by atoms with E-state index in [9.17, 15) is 9.59 Å². The molecule has 0 aliphatic carbocycles. The second-order valence-corrected chi connectivity index (χ2v) is 2.74. The van der Waals surface area contributed by atoms with Gasteiger partial charge >= 0.3 is 0 Å². The summed E-state index contributed by atoms with van der Waals surface area (Å²) in [5.74, 6) is 0. The van der Waals surface area contributed by atoms with Gasteiger partial charge in [-0.15, -0.1) is 0 Å². The zero-order valence-corrected chi connectivity index (χ0v) is 7.38. The predicted octanol–water partition coefficient (Wildman–Crippen LogP) is 1.36. The van der Waals surface area contributed by atoms with Crippen molar-refractivity contribution in [3.05, 3.63) is 35.9 Å². The summed E-state index contributed by atoms with van der Waals surface area (Å²) in [6, 6.07) is 9.20. The highest BCUT2D eigenvalue weighted by molar-refractivity contribution is 5.69. The molecule has 0 bridgehead atoms. The molecule has 3 nitrogen and oxygen atoms in total. The molecule has 0 aliphatic heterocycles. The summed E-state index contributed by atoms with van der Waals surface area (Å²) >= 11 is 0. The van der Waals surface area contributed by atoms with Crippen LogP contribution in [0.5, 0.6) is 0 Å². The first-order valence-corrected chi connectivity index (χ1v) is 4.02. The lowest BCUT2D eigenvalue weighted by atomic mass is 10.1. The highest BCUT2D eigenvalue weighted by Crippen LogP contribution is 2.16. The fourth-order valence-corrected chi connectivity index (χ4v) is 1.11. The molecule has 2 amide bonds. The number of carbonyl (C=O) groups is 2. The van der Waals surface area contributed by atoms with Crippen LogP contribution in [-0.4, -0.2) is 17.7 Å². The molecule has 13 heavy (non-hydrogen) atoms. The van der Waals surface area contributed by atoms with E-state index in [1.807, 2.05) is 30.3 Å². The average molecular weight is 177 g/mol. The number of nitrogens with zero attached hydrogens (tertiary/aromatic N) is 1. The van der Waals surface area contributed by atoms with Crippen molar-refractivity contribution in [3.8, 4) is 0 Å². The predicted molar refractivity (Wildman–Crippen MR) is 48.8 cm³/mol. The van der Waals surface area contributed by atoms with Crippen LogP contribution in [0.2, 0.25) is 0 Å².